The van der Waals surface area contributed by atoms with Gasteiger partial charge in [-0.25, -0.2) is 17.5 Å². The first-order chi connectivity index (χ1) is 8.89. The van der Waals surface area contributed by atoms with Crippen LogP contribution in [0.2, 0.25) is 0 Å². The molecule has 0 saturated carbocycles. The minimum atomic E-state index is -3.43. The first-order valence-electron chi connectivity index (χ1n) is 5.85. The Morgan fingerprint density at radius 3 is 2.42 bits per heavy atom. The molecule has 0 radical (unpaired) electrons. The molecule has 1 amide bonds. The maximum Gasteiger partial charge on any atom is 0.216 e. The van der Waals surface area contributed by atoms with Gasteiger partial charge in [-0.1, -0.05) is 12.1 Å². The van der Waals surface area contributed by atoms with E-state index in [2.05, 4.69) is 10.0 Å². The van der Waals surface area contributed by atoms with Crippen LogP contribution in [-0.4, -0.2) is 27.4 Å². The number of rotatable bonds is 7. The summed E-state index contributed by atoms with van der Waals surface area (Å²) in [4.78, 5) is 10.6. The minimum Gasteiger partial charge on any atom is -0.356 e. The topological polar surface area (TPSA) is 75.3 Å². The van der Waals surface area contributed by atoms with E-state index >= 15 is 0 Å². The summed E-state index contributed by atoms with van der Waals surface area (Å²) in [5.41, 5.74) is 0.524. The highest BCUT2D eigenvalue weighted by Gasteiger charge is 2.10. The molecule has 7 heteroatoms. The fraction of sp³-hybridized carbons (Fsp3) is 0.417. The van der Waals surface area contributed by atoms with Gasteiger partial charge in [0.2, 0.25) is 15.9 Å². The summed E-state index contributed by atoms with van der Waals surface area (Å²) in [6.45, 7) is 2.08. The van der Waals surface area contributed by atoms with E-state index in [-0.39, 0.29) is 18.2 Å². The van der Waals surface area contributed by atoms with Crippen LogP contribution in [0.3, 0.4) is 0 Å². The summed E-state index contributed by atoms with van der Waals surface area (Å²) in [5.74, 6) is -0.730. The molecule has 0 spiro atoms. The molecule has 0 saturated heterocycles. The van der Waals surface area contributed by atoms with Crippen LogP contribution in [0.1, 0.15) is 18.9 Å². The van der Waals surface area contributed by atoms with Crippen LogP contribution in [0.15, 0.2) is 24.3 Å². The molecule has 2 N–H and O–H groups in total. The summed E-state index contributed by atoms with van der Waals surface area (Å²) < 4.78 is 38.5. The largest absolute Gasteiger partial charge is 0.356 e. The van der Waals surface area contributed by atoms with Crippen molar-refractivity contribution in [2.24, 2.45) is 0 Å². The van der Waals surface area contributed by atoms with E-state index in [1.54, 1.807) is 0 Å². The van der Waals surface area contributed by atoms with Gasteiger partial charge in [0.15, 0.2) is 0 Å². The van der Waals surface area contributed by atoms with Crippen LogP contribution in [0.4, 0.5) is 4.39 Å². The minimum absolute atomic E-state index is 0.144. The van der Waals surface area contributed by atoms with E-state index in [1.807, 2.05) is 0 Å². The number of hydrogen-bond acceptors (Lipinski definition) is 3. The van der Waals surface area contributed by atoms with Gasteiger partial charge >= 0.3 is 0 Å². The molecule has 0 unspecified atom stereocenters. The lowest BCUT2D eigenvalue weighted by Gasteiger charge is -2.07. The van der Waals surface area contributed by atoms with Gasteiger partial charge < -0.3 is 5.32 Å². The highest BCUT2D eigenvalue weighted by Crippen LogP contribution is 2.06. The van der Waals surface area contributed by atoms with Crippen molar-refractivity contribution >= 4 is 15.9 Å². The molecule has 0 fully saturated rings. The monoisotopic (exact) mass is 288 g/mol. The maximum atomic E-state index is 12.7. The van der Waals surface area contributed by atoms with Gasteiger partial charge in [-0.2, -0.15) is 0 Å². The standard InChI is InChI=1S/C12H17FN2O3S/c1-10(16)14-7-2-8-15-19(17,18)9-11-3-5-12(13)6-4-11/h3-6,15H,2,7-9H2,1H3,(H,14,16). The molecule has 19 heavy (non-hydrogen) atoms. The molecule has 1 aromatic rings. The number of amides is 1. The van der Waals surface area contributed by atoms with Crippen molar-refractivity contribution in [3.8, 4) is 0 Å². The average molecular weight is 288 g/mol. The van der Waals surface area contributed by atoms with E-state index in [1.165, 1.54) is 31.2 Å². The van der Waals surface area contributed by atoms with Gasteiger partial charge in [0.1, 0.15) is 5.82 Å². The SMILES string of the molecule is CC(=O)NCCCNS(=O)(=O)Cc1ccc(F)cc1. The Hall–Kier alpha value is -1.47. The first kappa shape index (κ1) is 15.6. The molecule has 0 heterocycles. The van der Waals surface area contributed by atoms with Crippen LogP contribution in [0.5, 0.6) is 0 Å². The summed E-state index contributed by atoms with van der Waals surface area (Å²) in [5, 5.41) is 2.57. The lowest BCUT2D eigenvalue weighted by atomic mass is 10.2. The van der Waals surface area contributed by atoms with Crippen LogP contribution in [0, 0.1) is 5.82 Å². The Kier molecular flexibility index (Phi) is 5.91. The van der Waals surface area contributed by atoms with E-state index in [0.717, 1.165) is 0 Å². The zero-order valence-electron chi connectivity index (χ0n) is 10.6. The summed E-state index contributed by atoms with van der Waals surface area (Å²) >= 11 is 0. The fourth-order valence-electron chi connectivity index (χ4n) is 1.43. The van der Waals surface area contributed by atoms with Crippen molar-refractivity contribution in [3.63, 3.8) is 0 Å². The molecule has 1 rings (SSSR count). The Bertz CT molecular complexity index is 514. The first-order valence-corrected chi connectivity index (χ1v) is 7.50. The van der Waals surface area contributed by atoms with Gasteiger partial charge in [0, 0.05) is 20.0 Å². The van der Waals surface area contributed by atoms with Crippen LogP contribution >= 0.6 is 0 Å². The van der Waals surface area contributed by atoms with Gasteiger partial charge in [-0.15, -0.1) is 0 Å². The molecule has 106 valence electrons. The fourth-order valence-corrected chi connectivity index (χ4v) is 2.62. The van der Waals surface area contributed by atoms with Crippen molar-refractivity contribution in [2.45, 2.75) is 19.1 Å². The van der Waals surface area contributed by atoms with E-state index in [9.17, 15) is 17.6 Å². The number of carbonyl (C=O) groups is 1. The lowest BCUT2D eigenvalue weighted by molar-refractivity contribution is -0.118. The van der Waals surface area contributed by atoms with E-state index in [4.69, 9.17) is 0 Å². The smallest absolute Gasteiger partial charge is 0.216 e. The molecule has 0 aliphatic heterocycles. The van der Waals surface area contributed by atoms with Gasteiger partial charge in [0.25, 0.3) is 0 Å². The number of hydrogen-bond donors (Lipinski definition) is 2. The van der Waals surface area contributed by atoms with E-state index < -0.39 is 15.8 Å². The quantitative estimate of drug-likeness (QED) is 0.728. The Balaban J connectivity index is 2.35. The second-order valence-electron chi connectivity index (χ2n) is 4.12. The third kappa shape index (κ3) is 6.88. The van der Waals surface area contributed by atoms with Crippen molar-refractivity contribution in [1.29, 1.82) is 0 Å². The van der Waals surface area contributed by atoms with Crippen molar-refractivity contribution < 1.29 is 17.6 Å². The highest BCUT2D eigenvalue weighted by atomic mass is 32.2. The maximum absolute atomic E-state index is 12.7. The number of carbonyl (C=O) groups excluding carboxylic acids is 1. The average Bonchev–Trinajstić information content (AvgIpc) is 2.31. The molecule has 0 atom stereocenters. The number of sulfonamides is 1. The molecule has 1 aromatic carbocycles. The van der Waals surface area contributed by atoms with Crippen LogP contribution in [0.25, 0.3) is 0 Å². The molecule has 0 bridgehead atoms. The van der Waals surface area contributed by atoms with Gasteiger partial charge in [-0.05, 0) is 24.1 Å². The predicted molar refractivity (Wildman–Crippen MR) is 70.3 cm³/mol. The van der Waals surface area contributed by atoms with Gasteiger partial charge in [-0.3, -0.25) is 4.79 Å². The number of benzene rings is 1. The van der Waals surface area contributed by atoms with Crippen molar-refractivity contribution in [2.75, 3.05) is 13.1 Å². The Morgan fingerprint density at radius 1 is 1.21 bits per heavy atom. The molecule has 0 aliphatic rings. The number of nitrogens with one attached hydrogen (secondary N) is 2. The second-order valence-corrected chi connectivity index (χ2v) is 5.92. The summed E-state index contributed by atoms with van der Waals surface area (Å²) in [6, 6.07) is 5.32. The van der Waals surface area contributed by atoms with Gasteiger partial charge in [0.05, 0.1) is 5.75 Å². The zero-order chi connectivity index (χ0) is 14.3. The summed E-state index contributed by atoms with van der Waals surface area (Å²) in [7, 11) is -3.43. The normalized spacial score (nSPS) is 11.3. The third-order valence-corrected chi connectivity index (χ3v) is 3.68. The van der Waals surface area contributed by atoms with E-state index in [0.29, 0.717) is 18.5 Å². The molecule has 5 nitrogen and oxygen atoms in total. The Morgan fingerprint density at radius 2 is 1.84 bits per heavy atom. The molecular formula is C12H17FN2O3S. The highest BCUT2D eigenvalue weighted by molar-refractivity contribution is 7.88. The van der Waals surface area contributed by atoms with Crippen molar-refractivity contribution in [3.05, 3.63) is 35.6 Å². The van der Waals surface area contributed by atoms with Crippen LogP contribution in [-0.2, 0) is 20.6 Å². The summed E-state index contributed by atoms with van der Waals surface area (Å²) in [6.07, 6.45) is 0.516. The zero-order valence-corrected chi connectivity index (χ0v) is 11.5. The number of halogens is 1. The van der Waals surface area contributed by atoms with Crippen molar-refractivity contribution in [1.82, 2.24) is 10.0 Å². The Labute approximate surface area is 112 Å². The lowest BCUT2D eigenvalue weighted by Crippen LogP contribution is -2.29. The molecular weight excluding hydrogens is 271 g/mol. The second kappa shape index (κ2) is 7.20. The molecule has 0 aromatic heterocycles. The molecule has 0 aliphatic carbocycles. The predicted octanol–water partition coefficient (Wildman–Crippen LogP) is 0.771. The van der Waals surface area contributed by atoms with Crippen LogP contribution < -0.4 is 10.0 Å². The third-order valence-electron chi connectivity index (χ3n) is 2.32.